The van der Waals surface area contributed by atoms with Crippen molar-refractivity contribution >= 4 is 34.8 Å². The van der Waals surface area contributed by atoms with Gasteiger partial charge in [-0.3, -0.25) is 4.79 Å². The Labute approximate surface area is 127 Å². The van der Waals surface area contributed by atoms with Crippen LogP contribution in [0.25, 0.3) is 0 Å². The lowest BCUT2D eigenvalue weighted by atomic mass is 10.1. The van der Waals surface area contributed by atoms with Gasteiger partial charge in [0.1, 0.15) is 0 Å². The minimum Gasteiger partial charge on any atom is -0.267 e. The maximum atomic E-state index is 11.9. The number of hydrogen-bond acceptors (Lipinski definition) is 2. The first-order chi connectivity index (χ1) is 9.58. The highest BCUT2D eigenvalue weighted by Crippen LogP contribution is 2.22. The van der Waals surface area contributed by atoms with Crippen LogP contribution in [-0.4, -0.2) is 11.6 Å². The van der Waals surface area contributed by atoms with Crippen molar-refractivity contribution in [2.45, 2.75) is 6.92 Å². The van der Waals surface area contributed by atoms with E-state index in [0.29, 0.717) is 15.6 Å². The minimum absolute atomic E-state index is 0.334. The van der Waals surface area contributed by atoms with Gasteiger partial charge in [0.2, 0.25) is 0 Å². The Kier molecular flexibility index (Phi) is 4.77. The topological polar surface area (TPSA) is 41.5 Å². The monoisotopic (exact) mass is 306 g/mol. The third-order valence-corrected chi connectivity index (χ3v) is 3.44. The Morgan fingerprint density at radius 3 is 2.35 bits per heavy atom. The van der Waals surface area contributed by atoms with E-state index in [2.05, 4.69) is 10.5 Å². The molecule has 0 saturated heterocycles. The largest absolute Gasteiger partial charge is 0.271 e. The number of hydrogen-bond donors (Lipinski definition) is 1. The van der Waals surface area contributed by atoms with Crippen LogP contribution in [0, 0.1) is 0 Å². The predicted octanol–water partition coefficient (Wildman–Crippen LogP) is 4.15. The first-order valence-electron chi connectivity index (χ1n) is 5.93. The van der Waals surface area contributed by atoms with Gasteiger partial charge in [-0.15, -0.1) is 0 Å². The number of amides is 1. The Balaban J connectivity index is 2.10. The third kappa shape index (κ3) is 3.59. The van der Waals surface area contributed by atoms with E-state index in [-0.39, 0.29) is 5.91 Å². The number of hydrazone groups is 1. The molecule has 0 aliphatic heterocycles. The molecule has 0 radical (unpaired) electrons. The molecule has 0 saturated carbocycles. The van der Waals surface area contributed by atoms with Crippen molar-refractivity contribution in [3.63, 3.8) is 0 Å². The second-order valence-electron chi connectivity index (χ2n) is 4.13. The number of benzene rings is 2. The highest BCUT2D eigenvalue weighted by Gasteiger charge is 2.07. The van der Waals surface area contributed by atoms with Crippen LogP contribution in [-0.2, 0) is 0 Å². The van der Waals surface area contributed by atoms with Crippen molar-refractivity contribution < 1.29 is 4.79 Å². The molecule has 1 N–H and O–H groups in total. The van der Waals surface area contributed by atoms with Crippen LogP contribution in [0.15, 0.2) is 53.6 Å². The van der Waals surface area contributed by atoms with Crippen LogP contribution in [0.2, 0.25) is 10.0 Å². The third-order valence-electron chi connectivity index (χ3n) is 2.70. The van der Waals surface area contributed by atoms with Gasteiger partial charge in [-0.1, -0.05) is 53.5 Å². The minimum atomic E-state index is -0.334. The molecule has 5 heteroatoms. The smallest absolute Gasteiger partial charge is 0.267 e. The van der Waals surface area contributed by atoms with E-state index in [1.807, 2.05) is 37.3 Å². The lowest BCUT2D eigenvalue weighted by Crippen LogP contribution is -2.19. The van der Waals surface area contributed by atoms with Crippen molar-refractivity contribution in [3.8, 4) is 0 Å². The molecule has 0 spiro atoms. The summed E-state index contributed by atoms with van der Waals surface area (Å²) in [5.74, 6) is -0.334. The Hall–Kier alpha value is -1.84. The van der Waals surface area contributed by atoms with Crippen LogP contribution < -0.4 is 5.43 Å². The first-order valence-corrected chi connectivity index (χ1v) is 6.68. The summed E-state index contributed by atoms with van der Waals surface area (Å²) in [5, 5.41) is 4.81. The molecule has 0 bridgehead atoms. The van der Waals surface area contributed by atoms with Crippen molar-refractivity contribution in [3.05, 3.63) is 69.7 Å². The molecule has 1 amide bonds. The van der Waals surface area contributed by atoms with E-state index in [0.717, 1.165) is 11.3 Å². The van der Waals surface area contributed by atoms with Gasteiger partial charge < -0.3 is 0 Å². The molecule has 20 heavy (non-hydrogen) atoms. The number of nitrogens with one attached hydrogen (secondary N) is 1. The first kappa shape index (κ1) is 14.6. The Morgan fingerprint density at radius 1 is 1.00 bits per heavy atom. The normalized spacial score (nSPS) is 11.2. The van der Waals surface area contributed by atoms with Crippen molar-refractivity contribution in [1.29, 1.82) is 0 Å². The zero-order valence-corrected chi connectivity index (χ0v) is 12.2. The van der Waals surface area contributed by atoms with Gasteiger partial charge in [-0.05, 0) is 30.7 Å². The summed E-state index contributed by atoms with van der Waals surface area (Å²) in [6, 6.07) is 14.3. The van der Waals surface area contributed by atoms with Gasteiger partial charge >= 0.3 is 0 Å². The summed E-state index contributed by atoms with van der Waals surface area (Å²) in [7, 11) is 0. The molecule has 0 heterocycles. The molecule has 0 aromatic heterocycles. The molecule has 102 valence electrons. The lowest BCUT2D eigenvalue weighted by molar-refractivity contribution is 0.0955. The number of rotatable bonds is 3. The van der Waals surface area contributed by atoms with Crippen molar-refractivity contribution in [2.24, 2.45) is 5.10 Å². The zero-order chi connectivity index (χ0) is 14.5. The molecular formula is C15H12Cl2N2O. The quantitative estimate of drug-likeness (QED) is 0.672. The predicted molar refractivity (Wildman–Crippen MR) is 82.6 cm³/mol. The van der Waals surface area contributed by atoms with Crippen LogP contribution in [0.5, 0.6) is 0 Å². The SMILES string of the molecule is C/C(=N\NC(=O)c1ccc(Cl)c(Cl)c1)c1ccccc1. The number of halogens is 2. The molecular weight excluding hydrogens is 295 g/mol. The van der Waals surface area contributed by atoms with Gasteiger partial charge in [0, 0.05) is 5.56 Å². The van der Waals surface area contributed by atoms with E-state index >= 15 is 0 Å². The Morgan fingerprint density at radius 2 is 1.70 bits per heavy atom. The fraction of sp³-hybridized carbons (Fsp3) is 0.0667. The van der Waals surface area contributed by atoms with Crippen molar-refractivity contribution in [1.82, 2.24) is 5.43 Å². The highest BCUT2D eigenvalue weighted by atomic mass is 35.5. The lowest BCUT2D eigenvalue weighted by Gasteiger charge is -2.04. The molecule has 0 fully saturated rings. The molecule has 0 aliphatic rings. The number of carbonyl (C=O) groups excluding carboxylic acids is 1. The molecule has 2 aromatic carbocycles. The van der Waals surface area contributed by atoms with Crippen LogP contribution in [0.3, 0.4) is 0 Å². The molecule has 0 aliphatic carbocycles. The van der Waals surface area contributed by atoms with Gasteiger partial charge in [0.15, 0.2) is 0 Å². The summed E-state index contributed by atoms with van der Waals surface area (Å²) in [6.07, 6.45) is 0. The second-order valence-corrected chi connectivity index (χ2v) is 4.95. The molecule has 2 aromatic rings. The highest BCUT2D eigenvalue weighted by molar-refractivity contribution is 6.42. The van der Waals surface area contributed by atoms with E-state index in [9.17, 15) is 4.79 Å². The summed E-state index contributed by atoms with van der Waals surface area (Å²) >= 11 is 11.7. The van der Waals surface area contributed by atoms with Crippen LogP contribution >= 0.6 is 23.2 Å². The maximum Gasteiger partial charge on any atom is 0.271 e. The summed E-state index contributed by atoms with van der Waals surface area (Å²) < 4.78 is 0. The summed E-state index contributed by atoms with van der Waals surface area (Å²) in [5.41, 5.74) is 4.57. The fourth-order valence-electron chi connectivity index (χ4n) is 1.58. The summed E-state index contributed by atoms with van der Waals surface area (Å²) in [6.45, 7) is 1.82. The molecule has 0 unspecified atom stereocenters. The van der Waals surface area contributed by atoms with Gasteiger partial charge in [-0.25, -0.2) is 5.43 Å². The average Bonchev–Trinajstić information content (AvgIpc) is 2.48. The van der Waals surface area contributed by atoms with Gasteiger partial charge in [0.25, 0.3) is 5.91 Å². The van der Waals surface area contributed by atoms with Gasteiger partial charge in [0.05, 0.1) is 15.8 Å². The standard InChI is InChI=1S/C15H12Cl2N2O/c1-10(11-5-3-2-4-6-11)18-19-15(20)12-7-8-13(16)14(17)9-12/h2-9H,1H3,(H,19,20)/b18-10+. The molecule has 3 nitrogen and oxygen atoms in total. The Bertz CT molecular complexity index is 654. The van der Waals surface area contributed by atoms with Crippen LogP contribution in [0.1, 0.15) is 22.8 Å². The number of carbonyl (C=O) groups is 1. The molecule has 0 atom stereocenters. The molecule has 2 rings (SSSR count). The van der Waals surface area contributed by atoms with Crippen LogP contribution in [0.4, 0.5) is 0 Å². The maximum absolute atomic E-state index is 11.9. The van der Waals surface area contributed by atoms with E-state index < -0.39 is 0 Å². The summed E-state index contributed by atoms with van der Waals surface area (Å²) in [4.78, 5) is 11.9. The average molecular weight is 307 g/mol. The van der Waals surface area contributed by atoms with Gasteiger partial charge in [-0.2, -0.15) is 5.10 Å². The zero-order valence-electron chi connectivity index (χ0n) is 10.7. The van der Waals surface area contributed by atoms with E-state index in [1.165, 1.54) is 6.07 Å². The number of nitrogens with zero attached hydrogens (tertiary/aromatic N) is 1. The fourth-order valence-corrected chi connectivity index (χ4v) is 1.88. The second kappa shape index (κ2) is 6.55. The van der Waals surface area contributed by atoms with E-state index in [1.54, 1.807) is 12.1 Å². The van der Waals surface area contributed by atoms with Crippen molar-refractivity contribution in [2.75, 3.05) is 0 Å². The van der Waals surface area contributed by atoms with E-state index in [4.69, 9.17) is 23.2 Å².